The number of aliphatic imine (C=N–C) groups is 1. The minimum absolute atomic E-state index is 0.0402. The monoisotopic (exact) mass is 340 g/mol. The zero-order chi connectivity index (χ0) is 17.8. The summed E-state index contributed by atoms with van der Waals surface area (Å²) in [5.74, 6) is -0.814. The van der Waals surface area contributed by atoms with Crippen molar-refractivity contribution in [1.82, 2.24) is 5.32 Å². The van der Waals surface area contributed by atoms with E-state index in [2.05, 4.69) is 22.4 Å². The number of amides is 1. The van der Waals surface area contributed by atoms with Gasteiger partial charge in [0.25, 0.3) is 5.91 Å². The molecule has 6 heteroatoms. The van der Waals surface area contributed by atoms with Crippen molar-refractivity contribution in [3.63, 3.8) is 0 Å². The molecule has 1 aliphatic heterocycles. The average molecular weight is 340 g/mol. The molecule has 1 atom stereocenters. The molecular formula is C19H21FN4O. The van der Waals surface area contributed by atoms with E-state index >= 15 is 0 Å². The lowest BCUT2D eigenvalue weighted by Gasteiger charge is -2.23. The van der Waals surface area contributed by atoms with Gasteiger partial charge in [0.05, 0.1) is 16.9 Å². The van der Waals surface area contributed by atoms with Crippen molar-refractivity contribution in [2.45, 2.75) is 18.8 Å². The Bertz CT molecular complexity index is 796. The number of nitrogens with two attached hydrogens (primary N) is 2. The first-order valence-corrected chi connectivity index (χ1v) is 8.28. The van der Waals surface area contributed by atoms with Gasteiger partial charge in [-0.05, 0) is 55.1 Å². The van der Waals surface area contributed by atoms with Gasteiger partial charge in [-0.1, -0.05) is 12.1 Å². The number of rotatable bonds is 4. The average Bonchev–Trinajstić information content (AvgIpc) is 2.63. The van der Waals surface area contributed by atoms with E-state index in [1.54, 1.807) is 0 Å². The Morgan fingerprint density at radius 2 is 2.04 bits per heavy atom. The topological polar surface area (TPSA) is 93.5 Å². The fourth-order valence-electron chi connectivity index (χ4n) is 3.06. The summed E-state index contributed by atoms with van der Waals surface area (Å²) in [6.45, 7) is 2.08. The lowest BCUT2D eigenvalue weighted by atomic mass is 9.92. The number of anilines is 1. The van der Waals surface area contributed by atoms with Crippen LogP contribution < -0.4 is 16.8 Å². The van der Waals surface area contributed by atoms with Gasteiger partial charge in [-0.3, -0.25) is 9.79 Å². The van der Waals surface area contributed by atoms with Crippen LogP contribution in [0.1, 0.15) is 40.2 Å². The maximum absolute atomic E-state index is 13.6. The van der Waals surface area contributed by atoms with Gasteiger partial charge in [0.1, 0.15) is 5.82 Å². The first kappa shape index (κ1) is 17.1. The molecule has 3 rings (SSSR count). The summed E-state index contributed by atoms with van der Waals surface area (Å²) in [5.41, 5.74) is 13.5. The Morgan fingerprint density at radius 1 is 1.28 bits per heavy atom. The molecule has 2 aromatic rings. The number of primary amides is 1. The molecular weight excluding hydrogens is 319 g/mol. The van der Waals surface area contributed by atoms with Crippen LogP contribution in [0, 0.1) is 5.82 Å². The summed E-state index contributed by atoms with van der Waals surface area (Å²) in [7, 11) is 0. The Morgan fingerprint density at radius 3 is 2.68 bits per heavy atom. The maximum Gasteiger partial charge on any atom is 0.250 e. The number of nitrogens with zero attached hydrogens (tertiary/aromatic N) is 1. The van der Waals surface area contributed by atoms with Crippen LogP contribution in [-0.2, 0) is 0 Å². The van der Waals surface area contributed by atoms with Crippen LogP contribution >= 0.6 is 0 Å². The van der Waals surface area contributed by atoms with Crippen molar-refractivity contribution in [1.29, 1.82) is 0 Å². The summed E-state index contributed by atoms with van der Waals surface area (Å²) in [4.78, 5) is 15.6. The molecule has 130 valence electrons. The molecule has 0 spiro atoms. The maximum atomic E-state index is 13.6. The minimum atomic E-state index is -0.767. The van der Waals surface area contributed by atoms with E-state index < -0.39 is 11.7 Å². The highest BCUT2D eigenvalue weighted by atomic mass is 19.1. The van der Waals surface area contributed by atoms with Crippen molar-refractivity contribution in [3.05, 3.63) is 58.9 Å². The smallest absolute Gasteiger partial charge is 0.250 e. The number of halogens is 1. The van der Waals surface area contributed by atoms with Crippen molar-refractivity contribution in [2.24, 2.45) is 10.7 Å². The van der Waals surface area contributed by atoms with E-state index in [-0.39, 0.29) is 11.3 Å². The first-order valence-electron chi connectivity index (χ1n) is 8.28. The number of piperidine rings is 1. The molecule has 5 nitrogen and oxygen atoms in total. The summed E-state index contributed by atoms with van der Waals surface area (Å²) in [5, 5.41) is 3.40. The van der Waals surface area contributed by atoms with Gasteiger partial charge >= 0.3 is 0 Å². The zero-order valence-electron chi connectivity index (χ0n) is 13.8. The van der Waals surface area contributed by atoms with Crippen LogP contribution in [0.15, 0.2) is 41.4 Å². The molecule has 0 aromatic heterocycles. The van der Waals surface area contributed by atoms with Gasteiger partial charge in [-0.25, -0.2) is 4.39 Å². The summed E-state index contributed by atoms with van der Waals surface area (Å²) < 4.78 is 13.6. The molecule has 1 saturated heterocycles. The fourth-order valence-corrected chi connectivity index (χ4v) is 3.06. The number of nitrogen functional groups attached to an aromatic ring is 1. The SMILES string of the molecule is NC(=O)c1cc(F)cc(C=Nc2ccc(C3CCCNC3)cc2)c1N. The third-order valence-corrected chi connectivity index (χ3v) is 4.46. The normalized spacial score (nSPS) is 17.7. The predicted octanol–water partition coefficient (Wildman–Crippen LogP) is 2.72. The first-order chi connectivity index (χ1) is 12.0. The summed E-state index contributed by atoms with van der Waals surface area (Å²) in [6.07, 6.45) is 3.82. The van der Waals surface area contributed by atoms with Crippen LogP contribution in [0.4, 0.5) is 15.8 Å². The lowest BCUT2D eigenvalue weighted by molar-refractivity contribution is 0.100. The predicted molar refractivity (Wildman–Crippen MR) is 97.9 cm³/mol. The van der Waals surface area contributed by atoms with Gasteiger partial charge in [-0.2, -0.15) is 0 Å². The van der Waals surface area contributed by atoms with E-state index in [1.807, 2.05) is 12.1 Å². The number of hydrogen-bond donors (Lipinski definition) is 3. The third kappa shape index (κ3) is 4.03. The molecule has 1 fully saturated rings. The fraction of sp³-hybridized carbons (Fsp3) is 0.263. The molecule has 25 heavy (non-hydrogen) atoms. The molecule has 1 unspecified atom stereocenters. The number of hydrogen-bond acceptors (Lipinski definition) is 4. The highest BCUT2D eigenvalue weighted by Gasteiger charge is 2.14. The second-order valence-electron chi connectivity index (χ2n) is 6.21. The summed E-state index contributed by atoms with van der Waals surface area (Å²) in [6, 6.07) is 10.2. The molecule has 1 amide bonds. The second-order valence-corrected chi connectivity index (χ2v) is 6.21. The number of carbonyl (C=O) groups is 1. The van der Waals surface area contributed by atoms with E-state index in [4.69, 9.17) is 11.5 Å². The molecule has 0 aliphatic carbocycles. The largest absolute Gasteiger partial charge is 0.398 e. The van der Waals surface area contributed by atoms with Crippen molar-refractivity contribution < 1.29 is 9.18 Å². The van der Waals surface area contributed by atoms with Gasteiger partial charge in [0.15, 0.2) is 0 Å². The van der Waals surface area contributed by atoms with E-state index in [0.717, 1.165) is 24.8 Å². The number of nitrogens with one attached hydrogen (secondary N) is 1. The quantitative estimate of drug-likeness (QED) is 0.590. The van der Waals surface area contributed by atoms with E-state index in [0.29, 0.717) is 11.5 Å². The highest BCUT2D eigenvalue weighted by Crippen LogP contribution is 2.25. The summed E-state index contributed by atoms with van der Waals surface area (Å²) >= 11 is 0. The van der Waals surface area contributed by atoms with Crippen LogP contribution in [0.2, 0.25) is 0 Å². The van der Waals surface area contributed by atoms with Gasteiger partial charge in [-0.15, -0.1) is 0 Å². The van der Waals surface area contributed by atoms with Crippen LogP contribution in [0.3, 0.4) is 0 Å². The standard InChI is InChI=1S/C19H21FN4O/c20-15-8-14(18(21)17(9-15)19(22)25)11-24-16-5-3-12(4-6-16)13-2-1-7-23-10-13/h3-6,8-9,11,13,23H,1-2,7,10,21H2,(H2,22,25). The molecule has 2 aromatic carbocycles. The van der Waals surface area contributed by atoms with Crippen LogP contribution in [-0.4, -0.2) is 25.2 Å². The molecule has 1 heterocycles. The van der Waals surface area contributed by atoms with Gasteiger partial charge in [0.2, 0.25) is 0 Å². The zero-order valence-corrected chi connectivity index (χ0v) is 13.8. The lowest BCUT2D eigenvalue weighted by Crippen LogP contribution is -2.28. The van der Waals surface area contributed by atoms with Crippen LogP contribution in [0.5, 0.6) is 0 Å². The van der Waals surface area contributed by atoms with Gasteiger partial charge < -0.3 is 16.8 Å². The van der Waals surface area contributed by atoms with Gasteiger partial charge in [0, 0.05) is 18.3 Å². The number of benzene rings is 2. The molecule has 0 saturated carbocycles. The van der Waals surface area contributed by atoms with Crippen LogP contribution in [0.25, 0.3) is 0 Å². The highest BCUT2D eigenvalue weighted by molar-refractivity contribution is 6.02. The number of carbonyl (C=O) groups excluding carboxylic acids is 1. The van der Waals surface area contributed by atoms with E-state index in [9.17, 15) is 9.18 Å². The third-order valence-electron chi connectivity index (χ3n) is 4.46. The second kappa shape index (κ2) is 7.44. The minimum Gasteiger partial charge on any atom is -0.398 e. The molecule has 0 radical (unpaired) electrons. The van der Waals surface area contributed by atoms with Crippen molar-refractivity contribution in [3.8, 4) is 0 Å². The Balaban J connectivity index is 1.79. The van der Waals surface area contributed by atoms with Crippen molar-refractivity contribution >= 4 is 23.5 Å². The van der Waals surface area contributed by atoms with Crippen molar-refractivity contribution in [2.75, 3.05) is 18.8 Å². The molecule has 0 bridgehead atoms. The van der Waals surface area contributed by atoms with E-state index in [1.165, 1.54) is 30.7 Å². The Kier molecular flexibility index (Phi) is 5.09. The Labute approximate surface area is 145 Å². The molecule has 5 N–H and O–H groups in total. The Hall–Kier alpha value is -2.73. The molecule has 1 aliphatic rings.